The molecule has 0 saturated heterocycles. The van der Waals surface area contributed by atoms with Crippen LogP contribution < -0.4 is 0 Å². The molecule has 0 aliphatic carbocycles. The molecule has 0 unspecified atom stereocenters. The lowest BCUT2D eigenvalue weighted by Crippen LogP contribution is -2.09. The molecule has 9 heteroatoms. The number of hydrogen-bond donors (Lipinski definition) is 1. The van der Waals surface area contributed by atoms with E-state index in [4.69, 9.17) is 5.11 Å². The molecule has 110 valence electrons. The van der Waals surface area contributed by atoms with Crippen LogP contribution in [0.2, 0.25) is 0 Å². The van der Waals surface area contributed by atoms with Gasteiger partial charge in [-0.1, -0.05) is 19.1 Å². The van der Waals surface area contributed by atoms with Crippen molar-refractivity contribution in [1.82, 2.24) is 15.0 Å². The molecule has 21 heavy (non-hydrogen) atoms. The lowest BCUT2D eigenvalue weighted by Gasteiger charge is -2.09. The number of nitro groups is 1. The van der Waals surface area contributed by atoms with Crippen LogP contribution >= 0.6 is 0 Å². The van der Waals surface area contributed by atoms with Crippen LogP contribution in [-0.4, -0.2) is 31.0 Å². The first-order valence-corrected chi connectivity index (χ1v) is 5.95. The topological polar surface area (TPSA) is 111 Å². The van der Waals surface area contributed by atoms with Crippen molar-refractivity contribution in [2.45, 2.75) is 19.8 Å². The number of aromatic nitrogens is 3. The largest absolute Gasteiger partial charge is 0.476 e. The first-order valence-electron chi connectivity index (χ1n) is 5.95. The van der Waals surface area contributed by atoms with E-state index in [1.54, 1.807) is 13.8 Å². The second-order valence-electron chi connectivity index (χ2n) is 4.62. The summed E-state index contributed by atoms with van der Waals surface area (Å²) in [6.07, 6.45) is 0. The fraction of sp³-hybridized carbons (Fsp3) is 0.250. The van der Waals surface area contributed by atoms with E-state index in [1.165, 1.54) is 0 Å². The Morgan fingerprint density at radius 3 is 2.62 bits per heavy atom. The monoisotopic (exact) mass is 294 g/mol. The highest BCUT2D eigenvalue weighted by atomic mass is 19.1. The van der Waals surface area contributed by atoms with Gasteiger partial charge in [0.1, 0.15) is 5.82 Å². The van der Waals surface area contributed by atoms with E-state index >= 15 is 0 Å². The molecule has 0 atom stereocenters. The number of halogens is 1. The average Bonchev–Trinajstić information content (AvgIpc) is 2.82. The van der Waals surface area contributed by atoms with Gasteiger partial charge in [-0.15, -0.1) is 5.10 Å². The number of rotatable bonds is 4. The summed E-state index contributed by atoms with van der Waals surface area (Å²) >= 11 is 0. The van der Waals surface area contributed by atoms with Gasteiger partial charge in [-0.2, -0.15) is 0 Å². The van der Waals surface area contributed by atoms with Gasteiger partial charge in [0.2, 0.25) is 0 Å². The first kappa shape index (κ1) is 14.6. The Labute approximate surface area is 118 Å². The molecule has 0 radical (unpaired) electrons. The van der Waals surface area contributed by atoms with Crippen LogP contribution in [0.5, 0.6) is 0 Å². The molecule has 1 N–H and O–H groups in total. The second kappa shape index (κ2) is 5.27. The number of nitrogens with zero attached hydrogens (tertiary/aromatic N) is 4. The molecule has 8 nitrogen and oxygen atoms in total. The van der Waals surface area contributed by atoms with E-state index in [0.717, 1.165) is 22.9 Å². The lowest BCUT2D eigenvalue weighted by molar-refractivity contribution is -0.385. The molecule has 0 fully saturated rings. The summed E-state index contributed by atoms with van der Waals surface area (Å²) < 4.78 is 14.6. The van der Waals surface area contributed by atoms with Gasteiger partial charge in [0.05, 0.1) is 22.4 Å². The summed E-state index contributed by atoms with van der Waals surface area (Å²) in [5.41, 5.74) is -0.434. The molecule has 0 bridgehead atoms. The standard InChI is InChI=1S/C12H11FN4O4/c1-6(2)11-10(12(18)19)14-15-16(11)8-3-7(13)4-9(5-8)17(20)21/h3-6H,1-2H3,(H,18,19). The van der Waals surface area contributed by atoms with E-state index in [2.05, 4.69) is 10.3 Å². The van der Waals surface area contributed by atoms with E-state index in [-0.39, 0.29) is 23.0 Å². The predicted molar refractivity (Wildman–Crippen MR) is 69.0 cm³/mol. The summed E-state index contributed by atoms with van der Waals surface area (Å²) in [5.74, 6) is -2.36. The number of benzene rings is 1. The summed E-state index contributed by atoms with van der Waals surface area (Å²) in [5, 5.41) is 27.0. The van der Waals surface area contributed by atoms with Gasteiger partial charge in [0, 0.05) is 12.1 Å². The molecular weight excluding hydrogens is 283 g/mol. The minimum absolute atomic E-state index is 0.0467. The van der Waals surface area contributed by atoms with Gasteiger partial charge < -0.3 is 5.11 Å². The smallest absolute Gasteiger partial charge is 0.358 e. The summed E-state index contributed by atoms with van der Waals surface area (Å²) in [4.78, 5) is 21.1. The normalized spacial score (nSPS) is 10.9. The predicted octanol–water partition coefficient (Wildman–Crippen LogP) is 2.14. The molecule has 0 aliphatic heterocycles. The lowest BCUT2D eigenvalue weighted by atomic mass is 10.1. The Morgan fingerprint density at radius 1 is 1.43 bits per heavy atom. The highest BCUT2D eigenvalue weighted by molar-refractivity contribution is 5.86. The Hall–Kier alpha value is -2.84. The van der Waals surface area contributed by atoms with Gasteiger partial charge in [0.15, 0.2) is 5.69 Å². The van der Waals surface area contributed by atoms with Crippen molar-refractivity contribution in [1.29, 1.82) is 0 Å². The van der Waals surface area contributed by atoms with Crippen LogP contribution in [0.25, 0.3) is 5.69 Å². The van der Waals surface area contributed by atoms with Crippen molar-refractivity contribution in [3.05, 3.63) is 45.5 Å². The molecule has 2 rings (SSSR count). The minimum Gasteiger partial charge on any atom is -0.476 e. The maximum atomic E-state index is 13.5. The molecule has 1 aromatic heterocycles. The van der Waals surface area contributed by atoms with Crippen LogP contribution in [0.1, 0.15) is 35.9 Å². The number of carbonyl (C=O) groups is 1. The van der Waals surface area contributed by atoms with Crippen molar-refractivity contribution >= 4 is 11.7 Å². The highest BCUT2D eigenvalue weighted by Crippen LogP contribution is 2.24. The quantitative estimate of drug-likeness (QED) is 0.683. The van der Waals surface area contributed by atoms with E-state index in [0.29, 0.717) is 0 Å². The highest BCUT2D eigenvalue weighted by Gasteiger charge is 2.23. The van der Waals surface area contributed by atoms with Crippen LogP contribution in [0.4, 0.5) is 10.1 Å². The van der Waals surface area contributed by atoms with Crippen molar-refractivity contribution in [3.63, 3.8) is 0 Å². The molecule has 0 spiro atoms. The molecule has 1 aromatic carbocycles. The van der Waals surface area contributed by atoms with Gasteiger partial charge >= 0.3 is 5.97 Å². The van der Waals surface area contributed by atoms with Gasteiger partial charge in [-0.05, 0) is 5.92 Å². The summed E-state index contributed by atoms with van der Waals surface area (Å²) in [6.45, 7) is 3.44. The zero-order chi connectivity index (χ0) is 15.7. The van der Waals surface area contributed by atoms with E-state index in [1.807, 2.05) is 0 Å². The SMILES string of the molecule is CC(C)c1c(C(=O)O)nnn1-c1cc(F)cc([N+](=O)[O-])c1. The van der Waals surface area contributed by atoms with E-state index in [9.17, 15) is 19.3 Å². The molecular formula is C12H11FN4O4. The molecule has 0 saturated carbocycles. The number of carboxylic acid groups (broad SMARTS) is 1. The summed E-state index contributed by atoms with van der Waals surface area (Å²) in [7, 11) is 0. The van der Waals surface area contributed by atoms with Crippen molar-refractivity contribution in [2.24, 2.45) is 0 Å². The molecule has 1 heterocycles. The van der Waals surface area contributed by atoms with E-state index < -0.39 is 22.4 Å². The Morgan fingerprint density at radius 2 is 2.10 bits per heavy atom. The Bertz CT molecular complexity index is 726. The number of carboxylic acids is 1. The first-order chi connectivity index (χ1) is 9.81. The zero-order valence-electron chi connectivity index (χ0n) is 11.1. The molecule has 0 amide bonds. The Kier molecular flexibility index (Phi) is 3.66. The van der Waals surface area contributed by atoms with Crippen LogP contribution in [0, 0.1) is 15.9 Å². The third-order valence-electron chi connectivity index (χ3n) is 2.78. The maximum Gasteiger partial charge on any atom is 0.358 e. The number of aromatic carboxylic acids is 1. The van der Waals surface area contributed by atoms with Crippen molar-refractivity contribution in [3.8, 4) is 5.69 Å². The van der Waals surface area contributed by atoms with Crippen molar-refractivity contribution in [2.75, 3.05) is 0 Å². The third-order valence-corrected chi connectivity index (χ3v) is 2.78. The van der Waals surface area contributed by atoms with Gasteiger partial charge in [-0.25, -0.2) is 13.9 Å². The second-order valence-corrected chi connectivity index (χ2v) is 4.62. The van der Waals surface area contributed by atoms with Crippen LogP contribution in [-0.2, 0) is 0 Å². The number of nitro benzene ring substituents is 1. The molecule has 2 aromatic rings. The van der Waals surface area contributed by atoms with Crippen LogP contribution in [0.3, 0.4) is 0 Å². The van der Waals surface area contributed by atoms with Crippen molar-refractivity contribution < 1.29 is 19.2 Å². The fourth-order valence-electron chi connectivity index (χ4n) is 1.94. The van der Waals surface area contributed by atoms with Gasteiger partial charge in [0.25, 0.3) is 5.69 Å². The maximum absolute atomic E-state index is 13.5. The van der Waals surface area contributed by atoms with Gasteiger partial charge in [-0.3, -0.25) is 10.1 Å². The molecule has 0 aliphatic rings. The summed E-state index contributed by atoms with van der Waals surface area (Å²) in [6, 6.07) is 2.90. The Balaban J connectivity index is 2.67. The zero-order valence-corrected chi connectivity index (χ0v) is 11.1. The minimum atomic E-state index is -1.27. The fourth-order valence-corrected chi connectivity index (χ4v) is 1.94. The third kappa shape index (κ3) is 2.71. The number of non-ortho nitro benzene ring substituents is 1. The number of hydrogen-bond acceptors (Lipinski definition) is 5. The average molecular weight is 294 g/mol. The van der Waals surface area contributed by atoms with Crippen LogP contribution in [0.15, 0.2) is 18.2 Å².